The fourth-order valence-corrected chi connectivity index (χ4v) is 1.88. The van der Waals surface area contributed by atoms with E-state index in [2.05, 4.69) is 0 Å². The smallest absolute Gasteiger partial charge is 0.333 e. The second kappa shape index (κ2) is 3.24. The van der Waals surface area contributed by atoms with Crippen LogP contribution in [0.4, 0.5) is 0 Å². The molecular weight excluding hydrogens is 203 g/mol. The summed E-state index contributed by atoms with van der Waals surface area (Å²) in [7, 11) is -4.04. The topological polar surface area (TPSA) is 70.7 Å². The molecule has 2 rings (SSSR count). The van der Waals surface area contributed by atoms with Gasteiger partial charge in [0.05, 0.1) is 0 Å². The van der Waals surface area contributed by atoms with Gasteiger partial charge in [0, 0.05) is 5.39 Å². The molecule has 0 spiro atoms. The fourth-order valence-electron chi connectivity index (χ4n) is 1.32. The molecule has 1 aromatic carbocycles. The first kappa shape index (κ1) is 9.46. The van der Waals surface area contributed by atoms with Crippen LogP contribution in [0.15, 0.2) is 34.7 Å². The molecule has 1 aromatic heterocycles. The SMILES string of the molecule is O=P(O)(O)Cc1cc2ccccc2o1. The van der Waals surface area contributed by atoms with Crippen LogP contribution in [0.2, 0.25) is 0 Å². The maximum absolute atomic E-state index is 10.7. The van der Waals surface area contributed by atoms with Crippen LogP contribution in [-0.2, 0) is 10.7 Å². The Kier molecular flexibility index (Phi) is 2.19. The molecule has 14 heavy (non-hydrogen) atoms. The van der Waals surface area contributed by atoms with Crippen molar-refractivity contribution in [2.45, 2.75) is 6.16 Å². The lowest BCUT2D eigenvalue weighted by Gasteiger charge is -1.98. The molecule has 0 aliphatic rings. The van der Waals surface area contributed by atoms with E-state index >= 15 is 0 Å². The summed E-state index contributed by atoms with van der Waals surface area (Å²) >= 11 is 0. The van der Waals surface area contributed by atoms with Crippen molar-refractivity contribution in [3.63, 3.8) is 0 Å². The Hall–Kier alpha value is -1.09. The van der Waals surface area contributed by atoms with E-state index in [0.717, 1.165) is 5.39 Å². The van der Waals surface area contributed by atoms with Gasteiger partial charge < -0.3 is 14.2 Å². The predicted octanol–water partition coefficient (Wildman–Crippen LogP) is 2.11. The maximum atomic E-state index is 10.7. The largest absolute Gasteiger partial charge is 0.460 e. The molecule has 5 heteroatoms. The molecule has 0 aliphatic heterocycles. The lowest BCUT2D eigenvalue weighted by atomic mass is 10.2. The van der Waals surface area contributed by atoms with Crippen LogP contribution >= 0.6 is 7.60 Å². The van der Waals surface area contributed by atoms with Gasteiger partial charge in [-0.1, -0.05) is 18.2 Å². The van der Waals surface area contributed by atoms with Crippen molar-refractivity contribution >= 4 is 18.6 Å². The molecule has 2 N–H and O–H groups in total. The summed E-state index contributed by atoms with van der Waals surface area (Å²) in [6, 6.07) is 8.90. The number of para-hydroxylation sites is 1. The molecule has 0 fully saturated rings. The van der Waals surface area contributed by atoms with Crippen LogP contribution < -0.4 is 0 Å². The highest BCUT2D eigenvalue weighted by Crippen LogP contribution is 2.40. The Bertz CT molecular complexity index is 463. The van der Waals surface area contributed by atoms with Gasteiger partial charge in [0.25, 0.3) is 0 Å². The van der Waals surface area contributed by atoms with Gasteiger partial charge in [-0.2, -0.15) is 0 Å². The average molecular weight is 212 g/mol. The quantitative estimate of drug-likeness (QED) is 0.748. The summed E-state index contributed by atoms with van der Waals surface area (Å²) < 4.78 is 16.0. The zero-order valence-electron chi connectivity index (χ0n) is 7.25. The van der Waals surface area contributed by atoms with E-state index in [1.165, 1.54) is 0 Å². The van der Waals surface area contributed by atoms with Crippen LogP contribution in [0.5, 0.6) is 0 Å². The van der Waals surface area contributed by atoms with Crippen LogP contribution in [-0.4, -0.2) is 9.79 Å². The first-order valence-corrected chi connectivity index (χ1v) is 5.86. The van der Waals surface area contributed by atoms with E-state index in [0.29, 0.717) is 11.3 Å². The van der Waals surface area contributed by atoms with Gasteiger partial charge in [0.15, 0.2) is 0 Å². The van der Waals surface area contributed by atoms with Crippen molar-refractivity contribution in [3.8, 4) is 0 Å². The minimum absolute atomic E-state index is 0.319. The lowest BCUT2D eigenvalue weighted by molar-refractivity contribution is 0.367. The van der Waals surface area contributed by atoms with Gasteiger partial charge in [-0.15, -0.1) is 0 Å². The molecule has 0 aliphatic carbocycles. The molecule has 0 bridgehead atoms. The summed E-state index contributed by atoms with van der Waals surface area (Å²) in [5, 5.41) is 0.857. The molecule has 0 saturated heterocycles. The van der Waals surface area contributed by atoms with Crippen molar-refractivity contribution in [2.24, 2.45) is 0 Å². The van der Waals surface area contributed by atoms with E-state index < -0.39 is 7.60 Å². The predicted molar refractivity (Wildman–Crippen MR) is 52.0 cm³/mol. The van der Waals surface area contributed by atoms with Crippen molar-refractivity contribution in [1.82, 2.24) is 0 Å². The highest BCUT2D eigenvalue weighted by molar-refractivity contribution is 7.50. The van der Waals surface area contributed by atoms with Crippen LogP contribution in [0.25, 0.3) is 11.0 Å². The minimum atomic E-state index is -4.04. The molecule has 4 nitrogen and oxygen atoms in total. The third-order valence-corrected chi connectivity index (χ3v) is 2.56. The van der Waals surface area contributed by atoms with E-state index in [9.17, 15) is 4.57 Å². The van der Waals surface area contributed by atoms with Crippen LogP contribution in [0, 0.1) is 0 Å². The Morgan fingerprint density at radius 1 is 1.29 bits per heavy atom. The normalized spacial score (nSPS) is 12.1. The zero-order chi connectivity index (χ0) is 10.2. The minimum Gasteiger partial charge on any atom is -0.460 e. The molecular formula is C9H9O4P. The van der Waals surface area contributed by atoms with Crippen molar-refractivity contribution in [1.29, 1.82) is 0 Å². The monoisotopic (exact) mass is 212 g/mol. The molecule has 74 valence electrons. The number of rotatable bonds is 2. The highest BCUT2D eigenvalue weighted by Gasteiger charge is 2.17. The zero-order valence-corrected chi connectivity index (χ0v) is 8.15. The van der Waals surface area contributed by atoms with Crippen molar-refractivity contribution in [3.05, 3.63) is 36.1 Å². The fraction of sp³-hybridized carbons (Fsp3) is 0.111. The van der Waals surface area contributed by atoms with Gasteiger partial charge in [0.2, 0.25) is 0 Å². The molecule has 0 atom stereocenters. The average Bonchev–Trinajstić information content (AvgIpc) is 2.42. The van der Waals surface area contributed by atoms with E-state index in [4.69, 9.17) is 14.2 Å². The Balaban J connectivity index is 2.41. The van der Waals surface area contributed by atoms with Crippen LogP contribution in [0.1, 0.15) is 5.76 Å². The van der Waals surface area contributed by atoms with E-state index in [-0.39, 0.29) is 6.16 Å². The van der Waals surface area contributed by atoms with Crippen molar-refractivity contribution < 1.29 is 18.8 Å². The van der Waals surface area contributed by atoms with Gasteiger partial charge in [-0.3, -0.25) is 4.57 Å². The number of furan rings is 1. The number of hydrogen-bond acceptors (Lipinski definition) is 2. The second-order valence-corrected chi connectivity index (χ2v) is 4.72. The third kappa shape index (κ3) is 2.04. The van der Waals surface area contributed by atoms with Gasteiger partial charge in [-0.25, -0.2) is 0 Å². The summed E-state index contributed by atoms with van der Waals surface area (Å²) in [5.41, 5.74) is 0.649. The molecule has 0 amide bonds. The Labute approximate surface area is 80.3 Å². The molecule has 0 saturated carbocycles. The van der Waals surface area contributed by atoms with Crippen LogP contribution in [0.3, 0.4) is 0 Å². The first-order chi connectivity index (χ1) is 6.54. The van der Waals surface area contributed by atoms with Gasteiger partial charge >= 0.3 is 7.60 Å². The van der Waals surface area contributed by atoms with Crippen molar-refractivity contribution in [2.75, 3.05) is 0 Å². The summed E-state index contributed by atoms with van der Waals surface area (Å²) in [6.07, 6.45) is -0.346. The number of hydrogen-bond donors (Lipinski definition) is 2. The second-order valence-electron chi connectivity index (χ2n) is 3.07. The first-order valence-electron chi connectivity index (χ1n) is 4.07. The summed E-state index contributed by atoms with van der Waals surface area (Å²) in [4.78, 5) is 17.5. The summed E-state index contributed by atoms with van der Waals surface area (Å²) in [6.45, 7) is 0. The summed E-state index contributed by atoms with van der Waals surface area (Å²) in [5.74, 6) is 0.319. The van der Waals surface area contributed by atoms with E-state index in [1.54, 1.807) is 12.1 Å². The van der Waals surface area contributed by atoms with Gasteiger partial charge in [0.1, 0.15) is 17.5 Å². The number of benzene rings is 1. The standard InChI is InChI=1S/C9H9O4P/c10-14(11,12)6-8-5-7-3-1-2-4-9(7)13-8/h1-5H,6H2,(H2,10,11,12). The van der Waals surface area contributed by atoms with Gasteiger partial charge in [-0.05, 0) is 12.1 Å². The maximum Gasteiger partial charge on any atom is 0.333 e. The molecule has 0 radical (unpaired) electrons. The Morgan fingerprint density at radius 3 is 2.64 bits per heavy atom. The number of fused-ring (bicyclic) bond motifs is 1. The third-order valence-electron chi connectivity index (χ3n) is 1.84. The lowest BCUT2D eigenvalue weighted by Crippen LogP contribution is -1.82. The molecule has 2 aromatic rings. The highest BCUT2D eigenvalue weighted by atomic mass is 31.2. The molecule has 0 unspecified atom stereocenters. The Morgan fingerprint density at radius 2 is 2.00 bits per heavy atom. The molecule has 1 heterocycles. The van der Waals surface area contributed by atoms with E-state index in [1.807, 2.05) is 18.2 Å².